The van der Waals surface area contributed by atoms with E-state index in [1.54, 1.807) is 14.0 Å². The number of guanidine groups is 1. The SMILES string of the molecule is CNC1C(OC(OC(CO)[C@H](C)N=C(N)N)[C@@H](O)CO)O[C@H]2C[C@H](N)C(O[C@H]3CC[C@H](N)CC3N)OC2C1O. The van der Waals surface area contributed by atoms with Crippen molar-refractivity contribution in [2.75, 3.05) is 20.3 Å². The lowest BCUT2D eigenvalue weighted by molar-refractivity contribution is -0.361. The van der Waals surface area contributed by atoms with Gasteiger partial charge in [0.2, 0.25) is 0 Å². The second-order valence-electron chi connectivity index (χ2n) is 10.5. The van der Waals surface area contributed by atoms with Gasteiger partial charge in [0.1, 0.15) is 24.4 Å². The van der Waals surface area contributed by atoms with Crippen LogP contribution in [0.2, 0.25) is 0 Å². The summed E-state index contributed by atoms with van der Waals surface area (Å²) >= 11 is 0. The molecule has 0 spiro atoms. The van der Waals surface area contributed by atoms with E-state index in [9.17, 15) is 20.4 Å². The normalized spacial score (nSPS) is 40.2. The molecule has 0 radical (unpaired) electrons. The molecule has 228 valence electrons. The lowest BCUT2D eigenvalue weighted by atomic mass is 9.88. The van der Waals surface area contributed by atoms with Gasteiger partial charge in [-0.15, -0.1) is 0 Å². The molecule has 3 aliphatic rings. The van der Waals surface area contributed by atoms with Crippen molar-refractivity contribution in [3.8, 4) is 0 Å². The van der Waals surface area contributed by atoms with Crippen LogP contribution in [0.4, 0.5) is 0 Å². The molecule has 0 bridgehead atoms. The van der Waals surface area contributed by atoms with E-state index in [0.29, 0.717) is 12.8 Å². The number of hydrogen-bond donors (Lipinski definition) is 10. The Morgan fingerprint density at radius 1 is 1.05 bits per heavy atom. The van der Waals surface area contributed by atoms with Crippen molar-refractivity contribution < 1.29 is 44.1 Å². The van der Waals surface area contributed by atoms with E-state index < -0.39 is 80.7 Å². The van der Waals surface area contributed by atoms with Crippen LogP contribution in [0.1, 0.15) is 32.6 Å². The minimum atomic E-state index is -1.52. The third-order valence-corrected chi connectivity index (χ3v) is 7.48. The number of aliphatic hydroxyl groups excluding tert-OH is 4. The highest BCUT2D eigenvalue weighted by Crippen LogP contribution is 2.34. The van der Waals surface area contributed by atoms with E-state index in [1.165, 1.54) is 0 Å². The number of nitrogens with zero attached hydrogens (tertiary/aromatic N) is 1. The second-order valence-corrected chi connectivity index (χ2v) is 10.5. The van der Waals surface area contributed by atoms with Crippen LogP contribution >= 0.6 is 0 Å². The molecule has 16 heteroatoms. The van der Waals surface area contributed by atoms with E-state index in [1.807, 2.05) is 0 Å². The number of nitrogens with one attached hydrogen (secondary N) is 1. The lowest BCUT2D eigenvalue weighted by Gasteiger charge is -2.50. The summed E-state index contributed by atoms with van der Waals surface area (Å²) in [4.78, 5) is 3.94. The van der Waals surface area contributed by atoms with Crippen molar-refractivity contribution in [1.82, 2.24) is 5.32 Å². The van der Waals surface area contributed by atoms with Crippen molar-refractivity contribution in [3.63, 3.8) is 0 Å². The molecule has 1 aliphatic carbocycles. The molecular weight excluding hydrogens is 518 g/mol. The van der Waals surface area contributed by atoms with Crippen LogP contribution in [0.5, 0.6) is 0 Å². The minimum Gasteiger partial charge on any atom is -0.394 e. The minimum absolute atomic E-state index is 0.0339. The molecule has 1 saturated carbocycles. The molecule has 2 saturated heterocycles. The molecule has 2 aliphatic heterocycles. The Balaban J connectivity index is 1.70. The summed E-state index contributed by atoms with van der Waals surface area (Å²) in [5.74, 6) is -0.213. The number of likely N-dealkylation sites (N-methyl/N-ethyl adjacent to an activating group) is 1. The number of fused-ring (bicyclic) bond motifs is 1. The van der Waals surface area contributed by atoms with Gasteiger partial charge in [0.05, 0.1) is 43.5 Å². The highest BCUT2D eigenvalue weighted by molar-refractivity contribution is 5.75. The zero-order valence-electron chi connectivity index (χ0n) is 22.5. The Labute approximate surface area is 228 Å². The quantitative estimate of drug-likeness (QED) is 0.0602. The number of aliphatic hydroxyl groups is 4. The smallest absolute Gasteiger partial charge is 0.189 e. The van der Waals surface area contributed by atoms with Crippen LogP contribution in [0.15, 0.2) is 4.99 Å². The molecule has 0 aromatic rings. The Hall–Kier alpha value is -1.25. The molecular formula is C23H47N7O9. The first kappa shape index (κ1) is 32.3. The molecule has 0 aromatic heterocycles. The second kappa shape index (κ2) is 14.6. The Bertz CT molecular complexity index is 780. The topological polar surface area (TPSA) is 282 Å². The van der Waals surface area contributed by atoms with Crippen LogP contribution < -0.4 is 34.0 Å². The van der Waals surface area contributed by atoms with Crippen molar-refractivity contribution in [2.24, 2.45) is 33.7 Å². The zero-order chi connectivity index (χ0) is 28.9. The Morgan fingerprint density at radius 2 is 1.77 bits per heavy atom. The summed E-state index contributed by atoms with van der Waals surface area (Å²) in [5, 5.41) is 44.0. The van der Waals surface area contributed by atoms with Gasteiger partial charge in [-0.2, -0.15) is 0 Å². The van der Waals surface area contributed by atoms with Crippen molar-refractivity contribution in [1.29, 1.82) is 0 Å². The van der Waals surface area contributed by atoms with Gasteiger partial charge in [0.15, 0.2) is 24.8 Å². The van der Waals surface area contributed by atoms with Crippen LogP contribution in [0, 0.1) is 0 Å². The Morgan fingerprint density at radius 3 is 2.36 bits per heavy atom. The number of ether oxygens (including phenoxy) is 5. The largest absolute Gasteiger partial charge is 0.394 e. The average Bonchev–Trinajstić information content (AvgIpc) is 2.88. The lowest BCUT2D eigenvalue weighted by Crippen LogP contribution is -2.68. The summed E-state index contributed by atoms with van der Waals surface area (Å²) in [6.45, 7) is 0.371. The first-order valence-corrected chi connectivity index (χ1v) is 13.4. The van der Waals surface area contributed by atoms with Gasteiger partial charge in [-0.3, -0.25) is 0 Å². The molecule has 8 unspecified atom stereocenters. The van der Waals surface area contributed by atoms with Gasteiger partial charge in [0, 0.05) is 12.1 Å². The van der Waals surface area contributed by atoms with Gasteiger partial charge >= 0.3 is 0 Å². The molecule has 3 fully saturated rings. The first-order chi connectivity index (χ1) is 18.5. The molecule has 3 rings (SSSR count). The molecule has 14 atom stereocenters. The van der Waals surface area contributed by atoms with E-state index in [-0.39, 0.29) is 30.6 Å². The molecule has 15 N–H and O–H groups in total. The van der Waals surface area contributed by atoms with Crippen molar-refractivity contribution >= 4 is 5.96 Å². The maximum Gasteiger partial charge on any atom is 0.189 e. The Kier molecular flexibility index (Phi) is 12.1. The third-order valence-electron chi connectivity index (χ3n) is 7.48. The number of hydrogen-bond acceptors (Lipinski definition) is 14. The predicted octanol–water partition coefficient (Wildman–Crippen LogP) is -4.94. The fourth-order valence-electron chi connectivity index (χ4n) is 5.25. The molecule has 0 amide bonds. The van der Waals surface area contributed by atoms with Crippen molar-refractivity contribution in [3.05, 3.63) is 0 Å². The van der Waals surface area contributed by atoms with Crippen LogP contribution in [-0.4, -0.2) is 132 Å². The fourth-order valence-corrected chi connectivity index (χ4v) is 5.25. The highest BCUT2D eigenvalue weighted by atomic mass is 16.8. The maximum absolute atomic E-state index is 11.2. The molecule has 16 nitrogen and oxygen atoms in total. The number of nitrogens with two attached hydrogens (primary N) is 5. The third kappa shape index (κ3) is 8.16. The standard InChI is InChI=1S/C23H47N7O9/c1-9(30-23(27)28)16(8-32)37-21(13(33)7-31)39-22-17(29-2)18(34)19-15(36-22)6-12(26)20(38-19)35-14-4-3-10(24)5-11(14)25/h9-22,29,31-34H,3-8,24-26H2,1-2H3,(H4,27,28,30)/t9-,10-,11?,12-,13-,14-,15-,16?,17?,18?,19?,20?,21?,22?/m0/s1. The number of rotatable bonds is 12. The van der Waals surface area contributed by atoms with Crippen LogP contribution in [0.25, 0.3) is 0 Å². The molecule has 39 heavy (non-hydrogen) atoms. The van der Waals surface area contributed by atoms with E-state index in [2.05, 4.69) is 10.3 Å². The van der Waals surface area contributed by atoms with Gasteiger partial charge < -0.3 is 78.1 Å². The van der Waals surface area contributed by atoms with E-state index in [0.717, 1.165) is 6.42 Å². The van der Waals surface area contributed by atoms with Gasteiger partial charge in [0.25, 0.3) is 0 Å². The van der Waals surface area contributed by atoms with E-state index in [4.69, 9.17) is 52.4 Å². The number of aliphatic imine (C=N–C) groups is 1. The predicted molar refractivity (Wildman–Crippen MR) is 139 cm³/mol. The van der Waals surface area contributed by atoms with Crippen LogP contribution in [0.3, 0.4) is 0 Å². The maximum atomic E-state index is 11.2. The highest BCUT2D eigenvalue weighted by Gasteiger charge is 2.52. The summed E-state index contributed by atoms with van der Waals surface area (Å²) < 4.78 is 30.0. The van der Waals surface area contributed by atoms with Crippen LogP contribution in [-0.2, 0) is 23.7 Å². The summed E-state index contributed by atoms with van der Waals surface area (Å²) in [5.41, 5.74) is 29.5. The monoisotopic (exact) mass is 565 g/mol. The first-order valence-electron chi connectivity index (χ1n) is 13.4. The fraction of sp³-hybridized carbons (Fsp3) is 0.957. The molecule has 2 heterocycles. The molecule has 0 aromatic carbocycles. The zero-order valence-corrected chi connectivity index (χ0v) is 22.5. The summed E-state index contributed by atoms with van der Waals surface area (Å²) in [6, 6.07) is -2.33. The van der Waals surface area contributed by atoms with Gasteiger partial charge in [-0.05, 0) is 39.7 Å². The van der Waals surface area contributed by atoms with Gasteiger partial charge in [-0.1, -0.05) is 0 Å². The summed E-state index contributed by atoms with van der Waals surface area (Å²) in [6.07, 6.45) is -6.45. The van der Waals surface area contributed by atoms with E-state index >= 15 is 0 Å². The van der Waals surface area contributed by atoms with Gasteiger partial charge in [-0.25, -0.2) is 4.99 Å². The average molecular weight is 566 g/mol. The summed E-state index contributed by atoms with van der Waals surface area (Å²) in [7, 11) is 1.59. The van der Waals surface area contributed by atoms with Crippen molar-refractivity contribution in [2.45, 2.75) is 118 Å².